The van der Waals surface area contributed by atoms with Gasteiger partial charge in [0.15, 0.2) is 5.82 Å². The van der Waals surface area contributed by atoms with Crippen LogP contribution in [0.5, 0.6) is 5.88 Å². The molecule has 0 unspecified atom stereocenters. The van der Waals surface area contributed by atoms with E-state index in [2.05, 4.69) is 35.2 Å². The van der Waals surface area contributed by atoms with Crippen molar-refractivity contribution in [3.05, 3.63) is 71.6 Å². The normalized spacial score (nSPS) is 15.6. The number of hydrogen-bond donors (Lipinski definition) is 2. The molecular formula is C31H31F3N8O3. The Morgan fingerprint density at radius 1 is 0.956 bits per heavy atom. The van der Waals surface area contributed by atoms with Gasteiger partial charge in [-0.05, 0) is 48.8 Å². The largest absolute Gasteiger partial charge is 0.480 e. The van der Waals surface area contributed by atoms with Crippen LogP contribution < -0.4 is 10.1 Å². The number of pyridine rings is 1. The maximum Gasteiger partial charge on any atom is 0.433 e. The predicted octanol–water partition coefficient (Wildman–Crippen LogP) is 4.61. The van der Waals surface area contributed by atoms with E-state index in [9.17, 15) is 23.1 Å². The van der Waals surface area contributed by atoms with Crippen LogP contribution in [0.2, 0.25) is 0 Å². The van der Waals surface area contributed by atoms with Gasteiger partial charge in [-0.3, -0.25) is 4.79 Å². The summed E-state index contributed by atoms with van der Waals surface area (Å²) in [4.78, 5) is 39.3. The summed E-state index contributed by atoms with van der Waals surface area (Å²) in [5.41, 5.74) is 2.91. The van der Waals surface area contributed by atoms with Crippen LogP contribution in [0.3, 0.4) is 0 Å². The summed E-state index contributed by atoms with van der Waals surface area (Å²) >= 11 is 0. The first-order valence-electron chi connectivity index (χ1n) is 14.6. The monoisotopic (exact) mass is 620 g/mol. The van der Waals surface area contributed by atoms with Gasteiger partial charge in [0.05, 0.1) is 18.5 Å². The molecule has 0 atom stereocenters. The molecule has 0 spiro atoms. The van der Waals surface area contributed by atoms with Gasteiger partial charge in [0, 0.05) is 31.1 Å². The van der Waals surface area contributed by atoms with Crippen LogP contribution >= 0.6 is 0 Å². The Morgan fingerprint density at radius 2 is 1.69 bits per heavy atom. The van der Waals surface area contributed by atoms with Crippen LogP contribution in [0.1, 0.15) is 60.0 Å². The first-order chi connectivity index (χ1) is 21.7. The Labute approximate surface area is 257 Å². The zero-order valence-corrected chi connectivity index (χ0v) is 24.5. The first-order valence-corrected chi connectivity index (χ1v) is 14.6. The van der Waals surface area contributed by atoms with Crippen molar-refractivity contribution < 1.29 is 27.8 Å². The minimum Gasteiger partial charge on any atom is -0.480 e. The fourth-order valence-corrected chi connectivity index (χ4v) is 5.61. The number of piperidine rings is 1. The predicted molar refractivity (Wildman–Crippen MR) is 157 cm³/mol. The number of hydrogen-bond acceptors (Lipinski definition) is 10. The Kier molecular flexibility index (Phi) is 8.57. The molecule has 4 aromatic rings. The van der Waals surface area contributed by atoms with Crippen molar-refractivity contribution in [3.8, 4) is 28.5 Å². The second-order valence-electron chi connectivity index (χ2n) is 11.0. The van der Waals surface area contributed by atoms with Gasteiger partial charge in [-0.15, -0.1) is 0 Å². The van der Waals surface area contributed by atoms with Gasteiger partial charge in [0.2, 0.25) is 17.7 Å². The summed E-state index contributed by atoms with van der Waals surface area (Å²) in [5, 5.41) is 12.4. The third-order valence-corrected chi connectivity index (χ3v) is 8.11. The molecule has 2 N–H and O–H groups in total. The van der Waals surface area contributed by atoms with E-state index < -0.39 is 18.5 Å². The number of aliphatic hydroxyl groups excluding tert-OH is 1. The van der Waals surface area contributed by atoms with Crippen LogP contribution in [0.25, 0.3) is 22.6 Å². The highest BCUT2D eigenvalue weighted by atomic mass is 19.4. The number of methoxy groups -OCH3 is 1. The van der Waals surface area contributed by atoms with Crippen molar-refractivity contribution in [1.82, 2.24) is 34.8 Å². The zero-order chi connectivity index (χ0) is 31.6. The summed E-state index contributed by atoms with van der Waals surface area (Å²) in [6.07, 6.45) is 1.47. The number of aromatic nitrogens is 6. The number of ether oxygens (including phenoxy) is 1. The van der Waals surface area contributed by atoms with Crippen molar-refractivity contribution in [2.24, 2.45) is 0 Å². The summed E-state index contributed by atoms with van der Waals surface area (Å²) < 4.78 is 46.4. The SMILES string of the molecule is COc1ncnc(C2CC2)c1-c1ncnc(NCc2ccc(-c3nc(C(F)(F)F)ccc3C3CCN(C(=O)CO)CC3)cc2)n1. The number of alkyl halides is 3. The minimum atomic E-state index is -4.59. The molecule has 2 fully saturated rings. The molecule has 3 aromatic heterocycles. The molecule has 0 bridgehead atoms. The van der Waals surface area contributed by atoms with Crippen molar-refractivity contribution in [2.75, 3.05) is 32.1 Å². The summed E-state index contributed by atoms with van der Waals surface area (Å²) in [7, 11) is 1.54. The number of nitrogens with zero attached hydrogens (tertiary/aromatic N) is 7. The van der Waals surface area contributed by atoms with E-state index in [1.54, 1.807) is 17.0 Å². The fourth-order valence-electron chi connectivity index (χ4n) is 5.61. The van der Waals surface area contributed by atoms with E-state index >= 15 is 0 Å². The highest BCUT2D eigenvalue weighted by Gasteiger charge is 2.35. The second kappa shape index (κ2) is 12.7. The molecule has 4 heterocycles. The van der Waals surface area contributed by atoms with Crippen LogP contribution in [0.15, 0.2) is 49.1 Å². The van der Waals surface area contributed by atoms with E-state index in [1.165, 1.54) is 25.8 Å². The van der Waals surface area contributed by atoms with Crippen LogP contribution in [-0.4, -0.2) is 72.6 Å². The third kappa shape index (κ3) is 6.70. The molecular weight excluding hydrogens is 589 g/mol. The quantitative estimate of drug-likeness (QED) is 0.273. The summed E-state index contributed by atoms with van der Waals surface area (Å²) in [6.45, 7) is 0.618. The highest BCUT2D eigenvalue weighted by Crippen LogP contribution is 2.45. The van der Waals surface area contributed by atoms with Gasteiger partial charge in [-0.1, -0.05) is 30.3 Å². The number of anilines is 1. The Bertz CT molecular complexity index is 1670. The van der Waals surface area contributed by atoms with Gasteiger partial charge in [0.25, 0.3) is 0 Å². The van der Waals surface area contributed by atoms with Crippen molar-refractivity contribution in [2.45, 2.75) is 50.2 Å². The Balaban J connectivity index is 1.20. The number of likely N-dealkylation sites (tertiary alicyclic amines) is 1. The molecule has 1 saturated carbocycles. The Hall–Kier alpha value is -4.72. The van der Waals surface area contributed by atoms with Crippen LogP contribution in [0, 0.1) is 0 Å². The average molecular weight is 621 g/mol. The topological polar surface area (TPSA) is 139 Å². The summed E-state index contributed by atoms with van der Waals surface area (Å²) in [6, 6.07) is 9.64. The molecule has 2 aliphatic rings. The Morgan fingerprint density at radius 3 is 2.36 bits per heavy atom. The van der Waals surface area contributed by atoms with Gasteiger partial charge in [-0.2, -0.15) is 18.2 Å². The lowest BCUT2D eigenvalue weighted by molar-refractivity contribution is -0.141. The number of carbonyl (C=O) groups is 1. The lowest BCUT2D eigenvalue weighted by Gasteiger charge is -2.32. The van der Waals surface area contributed by atoms with Gasteiger partial charge in [-0.25, -0.2) is 24.9 Å². The molecule has 1 aliphatic heterocycles. The minimum absolute atomic E-state index is 0.0778. The number of carbonyl (C=O) groups excluding carboxylic acids is 1. The fraction of sp³-hybridized carbons (Fsp3) is 0.387. The standard InChI is InChI=1S/C31H31F3N8O3/c1-45-29-25(27(21-6-7-21)36-16-38-29)28-37-17-39-30(41-28)35-14-18-2-4-20(5-3-18)26-22(8-9-23(40-26)31(32,33)34)19-10-12-42(13-11-19)24(44)15-43/h2-5,8-9,16-17,19,21,43H,6-7,10-15H2,1H3,(H,35,37,39,41). The van der Waals surface area contributed by atoms with Crippen molar-refractivity contribution in [1.29, 1.82) is 0 Å². The van der Waals surface area contributed by atoms with E-state index in [0.717, 1.165) is 30.2 Å². The lowest BCUT2D eigenvalue weighted by Crippen LogP contribution is -2.39. The number of aliphatic hydroxyl groups is 1. The molecule has 1 saturated heterocycles. The number of nitrogens with one attached hydrogen (secondary N) is 1. The lowest BCUT2D eigenvalue weighted by atomic mass is 9.86. The molecule has 1 aromatic carbocycles. The van der Waals surface area contributed by atoms with E-state index in [-0.39, 0.29) is 17.5 Å². The highest BCUT2D eigenvalue weighted by molar-refractivity contribution is 5.77. The number of amides is 1. The van der Waals surface area contributed by atoms with Crippen molar-refractivity contribution in [3.63, 3.8) is 0 Å². The maximum atomic E-state index is 13.6. The molecule has 1 amide bonds. The second-order valence-corrected chi connectivity index (χ2v) is 11.0. The van der Waals surface area contributed by atoms with E-state index in [4.69, 9.17) is 4.74 Å². The maximum absolute atomic E-state index is 13.6. The first kappa shape index (κ1) is 30.3. The van der Waals surface area contributed by atoms with Crippen LogP contribution in [0.4, 0.5) is 19.1 Å². The van der Waals surface area contributed by atoms with Crippen LogP contribution in [-0.2, 0) is 17.5 Å². The van der Waals surface area contributed by atoms with Crippen molar-refractivity contribution >= 4 is 11.9 Å². The third-order valence-electron chi connectivity index (χ3n) is 8.11. The number of rotatable bonds is 9. The summed E-state index contributed by atoms with van der Waals surface area (Å²) in [5.74, 6) is 1.02. The van der Waals surface area contributed by atoms with Gasteiger partial charge >= 0.3 is 6.18 Å². The molecule has 1 aliphatic carbocycles. The molecule has 14 heteroatoms. The van der Waals surface area contributed by atoms with E-state index in [0.29, 0.717) is 72.7 Å². The molecule has 45 heavy (non-hydrogen) atoms. The number of benzene rings is 1. The molecule has 11 nitrogen and oxygen atoms in total. The average Bonchev–Trinajstić information content (AvgIpc) is 3.92. The van der Waals surface area contributed by atoms with E-state index in [1.807, 2.05) is 12.1 Å². The number of halogens is 3. The smallest absolute Gasteiger partial charge is 0.433 e. The van der Waals surface area contributed by atoms with Gasteiger partial charge < -0.3 is 20.1 Å². The zero-order valence-electron chi connectivity index (χ0n) is 24.5. The molecule has 6 rings (SSSR count). The van der Waals surface area contributed by atoms with Gasteiger partial charge in [0.1, 0.15) is 30.5 Å². The molecule has 234 valence electrons. The molecule has 0 radical (unpaired) electrons.